The van der Waals surface area contributed by atoms with Crippen LogP contribution in [0.4, 0.5) is 5.88 Å². The van der Waals surface area contributed by atoms with Gasteiger partial charge in [0.25, 0.3) is 0 Å². The summed E-state index contributed by atoms with van der Waals surface area (Å²) in [6.45, 7) is 2.01. The number of anilines is 1. The van der Waals surface area contributed by atoms with Gasteiger partial charge in [0.05, 0.1) is 0 Å². The van der Waals surface area contributed by atoms with E-state index in [-0.39, 0.29) is 5.88 Å². The molecule has 0 aliphatic rings. The van der Waals surface area contributed by atoms with E-state index in [0.29, 0.717) is 21.9 Å². The molecule has 0 saturated carbocycles. The van der Waals surface area contributed by atoms with Crippen LogP contribution in [-0.4, -0.2) is 0 Å². The van der Waals surface area contributed by atoms with Crippen molar-refractivity contribution in [2.75, 3.05) is 5.73 Å². The molecule has 3 rings (SSSR count). The Morgan fingerprint density at radius 1 is 1.00 bits per heavy atom. The third kappa shape index (κ3) is 2.45. The van der Waals surface area contributed by atoms with E-state index < -0.39 is 0 Å². The summed E-state index contributed by atoms with van der Waals surface area (Å²) in [5.41, 5.74) is 9.81. The third-order valence-electron chi connectivity index (χ3n) is 3.49. The maximum absolute atomic E-state index is 9.41. The summed E-state index contributed by atoms with van der Waals surface area (Å²) in [7, 11) is 0. The predicted molar refractivity (Wildman–Crippen MR) is 88.5 cm³/mol. The number of aryl methyl sites for hydroxylation is 1. The maximum atomic E-state index is 9.41. The van der Waals surface area contributed by atoms with Crippen LogP contribution < -0.4 is 5.73 Å². The van der Waals surface area contributed by atoms with Gasteiger partial charge in [-0.25, -0.2) is 0 Å². The first-order valence-electron chi connectivity index (χ1n) is 6.75. The Hall–Kier alpha value is -2.70. The highest BCUT2D eigenvalue weighted by Crippen LogP contribution is 2.40. The number of nitriles is 1. The summed E-state index contributed by atoms with van der Waals surface area (Å²) in [6.07, 6.45) is 0. The molecule has 0 aliphatic heterocycles. The molecule has 3 nitrogen and oxygen atoms in total. The van der Waals surface area contributed by atoms with Crippen LogP contribution in [0.25, 0.3) is 22.5 Å². The molecule has 1 heterocycles. The van der Waals surface area contributed by atoms with E-state index in [2.05, 4.69) is 6.07 Å². The Bertz CT molecular complexity index is 856. The first kappa shape index (κ1) is 14.2. The number of hydrogen-bond acceptors (Lipinski definition) is 3. The van der Waals surface area contributed by atoms with Crippen molar-refractivity contribution in [2.45, 2.75) is 6.92 Å². The van der Waals surface area contributed by atoms with Crippen LogP contribution in [0.3, 0.4) is 0 Å². The summed E-state index contributed by atoms with van der Waals surface area (Å²) in [4.78, 5) is 0. The molecule has 108 valence electrons. The van der Waals surface area contributed by atoms with Crippen molar-refractivity contribution < 1.29 is 4.42 Å². The molecule has 3 aromatic rings. The molecular formula is C18H13ClN2O. The molecule has 0 bridgehead atoms. The molecule has 0 fully saturated rings. The van der Waals surface area contributed by atoms with Crippen molar-refractivity contribution >= 4 is 17.5 Å². The smallest absolute Gasteiger partial charge is 0.209 e. The van der Waals surface area contributed by atoms with E-state index in [1.165, 1.54) is 0 Å². The topological polar surface area (TPSA) is 62.9 Å². The molecule has 0 unspecified atom stereocenters. The van der Waals surface area contributed by atoms with Gasteiger partial charge < -0.3 is 10.2 Å². The van der Waals surface area contributed by atoms with Crippen LogP contribution in [0, 0.1) is 18.3 Å². The second-order valence-electron chi connectivity index (χ2n) is 5.03. The zero-order chi connectivity index (χ0) is 15.7. The maximum Gasteiger partial charge on any atom is 0.209 e. The van der Waals surface area contributed by atoms with Gasteiger partial charge in [-0.05, 0) is 36.8 Å². The molecule has 0 saturated heterocycles. The number of nitrogens with two attached hydrogens (primary N) is 1. The molecule has 22 heavy (non-hydrogen) atoms. The molecule has 0 radical (unpaired) electrons. The lowest BCUT2D eigenvalue weighted by atomic mass is 9.97. The minimum absolute atomic E-state index is 0.128. The molecule has 0 spiro atoms. The van der Waals surface area contributed by atoms with E-state index in [0.717, 1.165) is 16.7 Å². The van der Waals surface area contributed by atoms with Crippen molar-refractivity contribution in [3.8, 4) is 28.5 Å². The van der Waals surface area contributed by atoms with Gasteiger partial charge >= 0.3 is 0 Å². The molecule has 1 aromatic heterocycles. The van der Waals surface area contributed by atoms with E-state index >= 15 is 0 Å². The molecule has 0 atom stereocenters. The van der Waals surface area contributed by atoms with Crippen LogP contribution in [0.15, 0.2) is 52.9 Å². The van der Waals surface area contributed by atoms with Crippen LogP contribution in [0.1, 0.15) is 11.1 Å². The SMILES string of the molecule is Cc1ccc(-c2c(-c3ccc(Cl)cc3)oc(N)c2C#N)cc1. The Morgan fingerprint density at radius 2 is 1.59 bits per heavy atom. The molecule has 0 aliphatic carbocycles. The van der Waals surface area contributed by atoms with Crippen molar-refractivity contribution in [3.63, 3.8) is 0 Å². The van der Waals surface area contributed by atoms with Gasteiger partial charge in [0.15, 0.2) is 0 Å². The van der Waals surface area contributed by atoms with Crippen molar-refractivity contribution in [1.82, 2.24) is 0 Å². The fraction of sp³-hybridized carbons (Fsp3) is 0.0556. The van der Waals surface area contributed by atoms with Crippen molar-refractivity contribution in [3.05, 3.63) is 64.7 Å². The Labute approximate surface area is 133 Å². The zero-order valence-corrected chi connectivity index (χ0v) is 12.7. The highest BCUT2D eigenvalue weighted by Gasteiger charge is 2.21. The van der Waals surface area contributed by atoms with Gasteiger partial charge in [-0.3, -0.25) is 0 Å². The van der Waals surface area contributed by atoms with Gasteiger partial charge in [0.2, 0.25) is 5.88 Å². The Balaban J connectivity index is 2.25. The largest absolute Gasteiger partial charge is 0.439 e. The first-order chi connectivity index (χ1) is 10.6. The number of halogens is 1. The van der Waals surface area contributed by atoms with E-state index in [9.17, 15) is 5.26 Å². The summed E-state index contributed by atoms with van der Waals surface area (Å²) in [6, 6.07) is 17.3. The number of nitrogen functional groups attached to an aromatic ring is 1. The summed E-state index contributed by atoms with van der Waals surface area (Å²) in [5, 5.41) is 10.0. The Kier molecular flexibility index (Phi) is 3.62. The van der Waals surface area contributed by atoms with Crippen LogP contribution in [0.2, 0.25) is 5.02 Å². The van der Waals surface area contributed by atoms with Gasteiger partial charge in [0.1, 0.15) is 17.4 Å². The molecule has 2 aromatic carbocycles. The summed E-state index contributed by atoms with van der Waals surface area (Å²) < 4.78 is 5.66. The molecular weight excluding hydrogens is 296 g/mol. The average Bonchev–Trinajstić information content (AvgIpc) is 2.85. The van der Waals surface area contributed by atoms with Crippen LogP contribution >= 0.6 is 11.6 Å². The summed E-state index contributed by atoms with van der Waals surface area (Å²) >= 11 is 5.93. The number of nitrogens with zero attached hydrogens (tertiary/aromatic N) is 1. The van der Waals surface area contributed by atoms with Crippen LogP contribution in [-0.2, 0) is 0 Å². The van der Waals surface area contributed by atoms with E-state index in [1.54, 1.807) is 12.1 Å². The standard InChI is InChI=1S/C18H13ClN2O/c1-11-2-4-12(5-3-11)16-15(10-20)18(21)22-17(16)13-6-8-14(19)9-7-13/h2-9H,21H2,1H3. The average molecular weight is 309 g/mol. The monoisotopic (exact) mass is 308 g/mol. The number of benzene rings is 2. The lowest BCUT2D eigenvalue weighted by Gasteiger charge is -2.04. The van der Waals surface area contributed by atoms with Gasteiger partial charge in [-0.2, -0.15) is 5.26 Å². The van der Waals surface area contributed by atoms with E-state index in [4.69, 9.17) is 21.8 Å². The first-order valence-corrected chi connectivity index (χ1v) is 7.13. The normalized spacial score (nSPS) is 10.4. The fourth-order valence-electron chi connectivity index (χ4n) is 2.36. The molecule has 2 N–H and O–H groups in total. The van der Waals surface area contributed by atoms with Gasteiger partial charge in [-0.15, -0.1) is 0 Å². The number of furan rings is 1. The van der Waals surface area contributed by atoms with Gasteiger partial charge in [0, 0.05) is 16.1 Å². The number of hydrogen-bond donors (Lipinski definition) is 1. The third-order valence-corrected chi connectivity index (χ3v) is 3.75. The fourth-order valence-corrected chi connectivity index (χ4v) is 2.49. The van der Waals surface area contributed by atoms with Crippen LogP contribution in [0.5, 0.6) is 0 Å². The predicted octanol–water partition coefficient (Wildman–Crippen LogP) is 5.03. The Morgan fingerprint density at radius 3 is 2.18 bits per heavy atom. The highest BCUT2D eigenvalue weighted by atomic mass is 35.5. The number of rotatable bonds is 2. The van der Waals surface area contributed by atoms with Crippen molar-refractivity contribution in [2.24, 2.45) is 0 Å². The minimum Gasteiger partial charge on any atom is -0.439 e. The molecule has 4 heteroatoms. The van der Waals surface area contributed by atoms with E-state index in [1.807, 2.05) is 43.3 Å². The molecule has 0 amide bonds. The highest BCUT2D eigenvalue weighted by molar-refractivity contribution is 6.30. The summed E-state index contributed by atoms with van der Waals surface area (Å²) in [5.74, 6) is 0.706. The zero-order valence-electron chi connectivity index (χ0n) is 11.9. The van der Waals surface area contributed by atoms with Crippen molar-refractivity contribution in [1.29, 1.82) is 5.26 Å². The second-order valence-corrected chi connectivity index (χ2v) is 5.47. The second kappa shape index (κ2) is 5.59. The minimum atomic E-state index is 0.128. The van der Waals surface area contributed by atoms with Gasteiger partial charge in [-0.1, -0.05) is 41.4 Å². The lowest BCUT2D eigenvalue weighted by Crippen LogP contribution is -1.87. The lowest BCUT2D eigenvalue weighted by molar-refractivity contribution is 0.603. The quantitative estimate of drug-likeness (QED) is 0.722.